The van der Waals surface area contributed by atoms with Crippen LogP contribution in [0.3, 0.4) is 0 Å². The van der Waals surface area contributed by atoms with Gasteiger partial charge in [0, 0.05) is 22.8 Å². The molecule has 0 aromatic heterocycles. The van der Waals surface area contributed by atoms with Crippen molar-refractivity contribution in [3.63, 3.8) is 0 Å². The number of carbonyl (C=O) groups excluding carboxylic acids is 2. The van der Waals surface area contributed by atoms with Crippen LogP contribution in [0.4, 0.5) is 0 Å². The smallest absolute Gasteiger partial charge is 0.338 e. The van der Waals surface area contributed by atoms with Crippen LogP contribution in [0.25, 0.3) is 6.08 Å². The van der Waals surface area contributed by atoms with Crippen LogP contribution in [0.15, 0.2) is 66.7 Å². The molecule has 38 atom stereocenters. The normalized spacial score (nSPS) is 50.3. The summed E-state index contributed by atoms with van der Waals surface area (Å²) in [5.41, 5.74) is -5.88. The Hall–Kier alpha value is -4.45. The number of carbonyl (C=O) groups is 3. The van der Waals surface area contributed by atoms with E-state index < -0.39 is 259 Å². The van der Waals surface area contributed by atoms with Gasteiger partial charge in [0.1, 0.15) is 110 Å². The highest BCUT2D eigenvalue weighted by Gasteiger charge is 2.86. The molecule has 16 N–H and O–H groups in total. The summed E-state index contributed by atoms with van der Waals surface area (Å²) in [7, 11) is 0. The minimum absolute atomic E-state index is 0.0823. The van der Waals surface area contributed by atoms with E-state index in [1.54, 1.807) is 36.4 Å². The van der Waals surface area contributed by atoms with Gasteiger partial charge in [-0.1, -0.05) is 97.0 Å². The average Bonchev–Trinajstić information content (AvgIpc) is 1.42. The molecule has 0 radical (unpaired) electrons. The van der Waals surface area contributed by atoms with Gasteiger partial charge in [-0.3, -0.25) is 0 Å². The summed E-state index contributed by atoms with van der Waals surface area (Å²) in [6.45, 7) is 15.1. The summed E-state index contributed by atoms with van der Waals surface area (Å²) in [6.07, 6.45) is -49.2. The molecule has 1 spiro atoms. The molecule has 6 heterocycles. The predicted molar refractivity (Wildman–Crippen MR) is 365 cm³/mol. The third-order valence-corrected chi connectivity index (χ3v) is 27.5. The lowest BCUT2D eigenvalue weighted by Gasteiger charge is -2.75. The van der Waals surface area contributed by atoms with Gasteiger partial charge in [0.05, 0.1) is 54.2 Å². The number of hydrogen-bond donors (Lipinski definition) is 16. The summed E-state index contributed by atoms with van der Waals surface area (Å²) in [6, 6.07) is 17.5. The van der Waals surface area contributed by atoms with E-state index in [2.05, 4.69) is 20.8 Å². The number of rotatable bonds is 18. The lowest BCUT2D eigenvalue weighted by molar-refractivity contribution is -0.412. The molecule has 2 aromatic carbocycles. The van der Waals surface area contributed by atoms with E-state index in [0.717, 1.165) is 0 Å². The summed E-state index contributed by atoms with van der Waals surface area (Å²) in [4.78, 5) is 42.2. The van der Waals surface area contributed by atoms with Gasteiger partial charge in [0.15, 0.2) is 49.9 Å². The molecule has 2 aromatic rings. The molecule has 604 valence electrons. The van der Waals surface area contributed by atoms with E-state index in [1.807, 2.05) is 58.0 Å². The molecule has 0 amide bonds. The van der Waals surface area contributed by atoms with Crippen LogP contribution >= 0.6 is 0 Å². The van der Waals surface area contributed by atoms with Crippen LogP contribution in [0.1, 0.15) is 130 Å². The molecule has 5 saturated carbocycles. The largest absolute Gasteiger partial charge is 0.479 e. The quantitative estimate of drug-likeness (QED) is 0.0484. The molecule has 13 rings (SSSR count). The fourth-order valence-corrected chi connectivity index (χ4v) is 21.6. The lowest BCUT2D eigenvalue weighted by Crippen LogP contribution is -2.77. The average molecular weight is 1530 g/mol. The van der Waals surface area contributed by atoms with E-state index in [1.165, 1.54) is 19.9 Å². The van der Waals surface area contributed by atoms with E-state index in [-0.39, 0.29) is 36.7 Å². The molecular formula is C76H108O32. The Labute approximate surface area is 624 Å². The van der Waals surface area contributed by atoms with Crippen molar-refractivity contribution in [3.05, 3.63) is 77.9 Å². The molecule has 32 nitrogen and oxygen atoms in total. The highest BCUT2D eigenvalue weighted by atomic mass is 16.8. The highest BCUT2D eigenvalue weighted by Crippen LogP contribution is 2.82. The van der Waals surface area contributed by atoms with Gasteiger partial charge in [-0.15, -0.1) is 0 Å². The number of aliphatic carboxylic acids is 1. The first-order valence-electron chi connectivity index (χ1n) is 37.6. The van der Waals surface area contributed by atoms with Crippen molar-refractivity contribution >= 4 is 24.0 Å². The topological polar surface area (TPSA) is 495 Å². The van der Waals surface area contributed by atoms with Gasteiger partial charge in [-0.2, -0.15) is 0 Å². The number of carboxylic acids is 1. The van der Waals surface area contributed by atoms with E-state index in [0.29, 0.717) is 37.7 Å². The van der Waals surface area contributed by atoms with Gasteiger partial charge in [-0.05, 0) is 117 Å². The predicted octanol–water partition coefficient (Wildman–Crippen LogP) is -0.990. The van der Waals surface area contributed by atoms with E-state index in [9.17, 15) is 96.1 Å². The molecule has 108 heavy (non-hydrogen) atoms. The maximum Gasteiger partial charge on any atom is 0.338 e. The summed E-state index contributed by atoms with van der Waals surface area (Å²) >= 11 is 0. The van der Waals surface area contributed by atoms with E-state index >= 15 is 0 Å². The van der Waals surface area contributed by atoms with Gasteiger partial charge >= 0.3 is 17.9 Å². The van der Waals surface area contributed by atoms with Crippen LogP contribution in [0, 0.1) is 50.2 Å². The number of fused-ring (bicyclic) bond motifs is 4. The summed E-state index contributed by atoms with van der Waals surface area (Å²) in [5.74, 6) is -4.27. The fourth-order valence-electron chi connectivity index (χ4n) is 21.6. The third-order valence-electron chi connectivity index (χ3n) is 27.5. The zero-order valence-electron chi connectivity index (χ0n) is 61.7. The zero-order valence-corrected chi connectivity index (χ0v) is 61.7. The fraction of sp³-hybridized carbons (Fsp3) is 0.776. The first-order valence-corrected chi connectivity index (χ1v) is 37.6. The van der Waals surface area contributed by atoms with Gasteiger partial charge < -0.3 is 143 Å². The van der Waals surface area contributed by atoms with Crippen molar-refractivity contribution in [2.75, 3.05) is 13.2 Å². The van der Waals surface area contributed by atoms with Crippen LogP contribution in [0.2, 0.25) is 0 Å². The summed E-state index contributed by atoms with van der Waals surface area (Å²) < 4.78 is 82.4. The monoisotopic (exact) mass is 1530 g/mol. The van der Waals surface area contributed by atoms with Gasteiger partial charge in [-0.25, -0.2) is 14.4 Å². The number of benzene rings is 2. The van der Waals surface area contributed by atoms with Crippen molar-refractivity contribution in [1.29, 1.82) is 0 Å². The first kappa shape index (κ1) is 81.6. The molecule has 11 aliphatic rings. The molecule has 32 heteroatoms. The maximum atomic E-state index is 14.4. The Morgan fingerprint density at radius 1 is 0.500 bits per heavy atom. The number of esters is 2. The van der Waals surface area contributed by atoms with Gasteiger partial charge in [0.2, 0.25) is 0 Å². The maximum absolute atomic E-state index is 14.4. The number of hydrogen-bond acceptors (Lipinski definition) is 31. The SMILES string of the molecule is C[C@@H]1OC(OC2C(OC3C(O[C@@H]4C(OC5O[C@H](CO)[C@H](O)[C@H](O)[C@H]5O)[C@H](O[C@H]5CC[C@@]6(C)C(CC[C@]7(C)C6CCC68OC(O)[C@]9(C6CC(C)(C)[C@@H](OC(=O)c6ccccc6)[C@@H]9OC(=O)/C=C\c6ccccc6)[C@H](O)C[C@]87C)C5(C)C)O[C@H](C(=O)O)[C@H]4O)O[C@@H](CO)[C@@H](O)[C@H]3O)O[C@H](C)[C@@H](O)[C@@H]2O)[C@H](O)[C@H](O)[C@H]1O. The third kappa shape index (κ3) is 13.3. The minimum Gasteiger partial charge on any atom is -0.479 e. The zero-order chi connectivity index (χ0) is 78.2. The Bertz CT molecular complexity index is 3520. The molecule has 5 aliphatic carbocycles. The van der Waals surface area contributed by atoms with E-state index in [4.69, 9.17) is 61.6 Å². The Morgan fingerprint density at radius 3 is 1.65 bits per heavy atom. The molecule has 6 saturated heterocycles. The first-order chi connectivity index (χ1) is 50.9. The second kappa shape index (κ2) is 30.4. The highest BCUT2D eigenvalue weighted by molar-refractivity contribution is 5.90. The molecule has 11 fully saturated rings. The van der Waals surface area contributed by atoms with Crippen molar-refractivity contribution in [1.82, 2.24) is 0 Å². The lowest BCUT2D eigenvalue weighted by atomic mass is 9.30. The molecule has 12 unspecified atom stereocenters. The van der Waals surface area contributed by atoms with Crippen LogP contribution < -0.4 is 0 Å². The Kier molecular flexibility index (Phi) is 22.9. The second-order valence-electron chi connectivity index (χ2n) is 34.0. The minimum atomic E-state index is -2.38. The van der Waals surface area contributed by atoms with Crippen LogP contribution in [-0.2, 0) is 71.2 Å². The van der Waals surface area contributed by atoms with Crippen molar-refractivity contribution < 1.29 is 158 Å². The number of ether oxygens (including phenoxy) is 13. The summed E-state index contributed by atoms with van der Waals surface area (Å²) in [5, 5.41) is 183. The Balaban J connectivity index is 0.808. The number of aliphatic hydroxyl groups excluding tert-OH is 15. The molecule has 2 bridgehead atoms. The standard InChI is InChI=1S/C76H108O32/c1-32-44(81)48(85)52(89)64(96-32)104-57-50(87)45(82)33(2)97-66(57)105-58-51(88)47(84)37(31-78)99-67(58)102-55-54(91)56(62(92)93)103-68(59(55)106-65-53(90)49(86)46(83)36(30-77)98-65)100-42-24-25-72(7)38(71(42,5)6)22-26-73(8)39(72)23-27-75-40-28-70(3,4)60(107-63(94)35-18-14-11-15-19-35)61(101-43(80)21-20-34-16-12-10-13-17-34)76(40,69(95)108-75)41(79)29-74(73,75)9/h10-21,32-33,36-42,44-61,64-69,77-79,81-91,95H,22-31H2,1-9H3,(H,92,93)/b21-20-/t32-,33+,36+,37-,38?,39?,40?,41+,42-,44-,45+,46-,47+,48+,49-,50-,51+,52+,53+,54-,55-,56-,57?,58?,59?,60-,61-,64?,65?,66?,67?,68+,69?,72-,73+,74-,75?,76+/m0/s1. The number of aliphatic hydroxyl groups is 15. The van der Waals surface area contributed by atoms with Crippen molar-refractivity contribution in [2.45, 2.75) is 304 Å². The van der Waals surface area contributed by atoms with Crippen LogP contribution in [-0.4, -0.2) is 303 Å². The van der Waals surface area contributed by atoms with Crippen molar-refractivity contribution in [3.8, 4) is 0 Å². The molecular weight excluding hydrogens is 1420 g/mol. The second-order valence-corrected chi connectivity index (χ2v) is 34.0. The van der Waals surface area contributed by atoms with Crippen LogP contribution in [0.5, 0.6) is 0 Å². The van der Waals surface area contributed by atoms with Gasteiger partial charge in [0.25, 0.3) is 0 Å². The van der Waals surface area contributed by atoms with Crippen molar-refractivity contribution in [2.24, 2.45) is 50.2 Å². The Morgan fingerprint density at radius 2 is 1.02 bits per heavy atom. The molecule has 6 aliphatic heterocycles. The number of carboxylic acid groups (broad SMARTS) is 1.